The molecule has 1 aliphatic rings. The lowest BCUT2D eigenvalue weighted by molar-refractivity contribution is 0.322. The Morgan fingerprint density at radius 1 is 1.33 bits per heavy atom. The molecule has 0 heterocycles. The normalized spacial score (nSPS) is 21.9. The third-order valence-electron chi connectivity index (χ3n) is 2.47. The summed E-state index contributed by atoms with van der Waals surface area (Å²) < 4.78 is 0. The fourth-order valence-electron chi connectivity index (χ4n) is 1.80. The minimum Gasteiger partial charge on any atom is -0.411 e. The van der Waals surface area contributed by atoms with E-state index in [1.54, 1.807) is 7.05 Å². The average molecular weight is 168 g/mol. The maximum Gasteiger partial charge on any atom is 0.0874 e. The van der Waals surface area contributed by atoms with Crippen LogP contribution in [0.25, 0.3) is 0 Å². The summed E-state index contributed by atoms with van der Waals surface area (Å²) in [5.74, 6) is 0.527. The van der Waals surface area contributed by atoms with Crippen LogP contribution in [-0.4, -0.2) is 24.2 Å². The van der Waals surface area contributed by atoms with E-state index in [1.165, 1.54) is 38.3 Å². The maximum atomic E-state index is 8.39. The molecule has 12 heavy (non-hydrogen) atoms. The zero-order valence-electron chi connectivity index (χ0n) is 7.53. The molecule has 0 radical (unpaired) electrons. The monoisotopic (exact) mass is 168 g/mol. The first-order valence-corrected chi connectivity index (χ1v) is 4.52. The number of aliphatic imine (C=N–C) groups is 1. The van der Waals surface area contributed by atoms with Crippen molar-refractivity contribution in [2.24, 2.45) is 16.1 Å². The van der Waals surface area contributed by atoms with Crippen molar-refractivity contribution >= 4 is 11.9 Å². The van der Waals surface area contributed by atoms with E-state index in [0.717, 1.165) is 5.71 Å². The Morgan fingerprint density at radius 2 is 2.00 bits per heavy atom. The largest absolute Gasteiger partial charge is 0.411 e. The van der Waals surface area contributed by atoms with E-state index in [-0.39, 0.29) is 0 Å². The van der Waals surface area contributed by atoms with Gasteiger partial charge in [-0.25, -0.2) is 0 Å². The lowest BCUT2D eigenvalue weighted by atomic mass is 9.86. The molecular formula is C9H16N2O. The first-order chi connectivity index (χ1) is 5.88. The summed E-state index contributed by atoms with van der Waals surface area (Å²) in [7, 11) is 1.76. The molecule has 1 rings (SSSR count). The molecule has 0 aromatic heterocycles. The quantitative estimate of drug-likeness (QED) is 0.383. The van der Waals surface area contributed by atoms with Crippen molar-refractivity contribution in [1.29, 1.82) is 0 Å². The fraction of sp³-hybridized carbons (Fsp3) is 0.778. The molecule has 1 saturated carbocycles. The molecule has 1 fully saturated rings. The van der Waals surface area contributed by atoms with Crippen molar-refractivity contribution in [3.8, 4) is 0 Å². The molecule has 0 atom stereocenters. The summed E-state index contributed by atoms with van der Waals surface area (Å²) in [4.78, 5) is 4.11. The van der Waals surface area contributed by atoms with Gasteiger partial charge >= 0.3 is 0 Å². The van der Waals surface area contributed by atoms with E-state index >= 15 is 0 Å². The molecule has 3 heteroatoms. The van der Waals surface area contributed by atoms with Crippen LogP contribution < -0.4 is 0 Å². The Kier molecular flexibility index (Phi) is 3.77. The molecule has 0 aromatic carbocycles. The number of rotatable bonds is 2. The van der Waals surface area contributed by atoms with Gasteiger partial charge in [0.2, 0.25) is 0 Å². The molecule has 0 aromatic rings. The lowest BCUT2D eigenvalue weighted by Gasteiger charge is -2.20. The fourth-order valence-corrected chi connectivity index (χ4v) is 1.80. The van der Waals surface area contributed by atoms with Gasteiger partial charge in [0.1, 0.15) is 0 Å². The van der Waals surface area contributed by atoms with E-state index < -0.39 is 0 Å². The van der Waals surface area contributed by atoms with Crippen molar-refractivity contribution < 1.29 is 5.21 Å². The summed E-state index contributed by atoms with van der Waals surface area (Å²) in [5.41, 5.74) is 0.942. The summed E-state index contributed by atoms with van der Waals surface area (Å²) in [6.45, 7) is 0. The van der Waals surface area contributed by atoms with Gasteiger partial charge in [-0.3, -0.25) is 4.99 Å². The van der Waals surface area contributed by atoms with Crippen LogP contribution in [0.2, 0.25) is 0 Å². The molecule has 0 spiro atoms. The van der Waals surface area contributed by atoms with Crippen LogP contribution in [0.4, 0.5) is 0 Å². The minimum atomic E-state index is 0.527. The molecule has 1 aliphatic carbocycles. The van der Waals surface area contributed by atoms with Crippen LogP contribution in [0.1, 0.15) is 32.1 Å². The Balaban J connectivity index is 2.52. The number of hydrogen-bond donors (Lipinski definition) is 1. The van der Waals surface area contributed by atoms with Gasteiger partial charge in [0.05, 0.1) is 11.9 Å². The highest BCUT2D eigenvalue weighted by molar-refractivity contribution is 6.31. The van der Waals surface area contributed by atoms with Gasteiger partial charge in [-0.05, 0) is 12.8 Å². The molecule has 0 bridgehead atoms. The van der Waals surface area contributed by atoms with Crippen LogP contribution in [0.15, 0.2) is 10.1 Å². The molecular weight excluding hydrogens is 152 g/mol. The highest BCUT2D eigenvalue weighted by atomic mass is 16.4. The Hall–Kier alpha value is -0.860. The molecule has 0 saturated heterocycles. The lowest BCUT2D eigenvalue weighted by Crippen LogP contribution is -2.18. The number of nitrogens with zero attached hydrogens (tertiary/aromatic N) is 2. The second-order valence-electron chi connectivity index (χ2n) is 3.23. The van der Waals surface area contributed by atoms with Crippen LogP contribution in [0.3, 0.4) is 0 Å². The zero-order valence-corrected chi connectivity index (χ0v) is 7.53. The van der Waals surface area contributed by atoms with Crippen molar-refractivity contribution in [2.75, 3.05) is 7.05 Å². The molecule has 3 nitrogen and oxygen atoms in total. The molecule has 0 unspecified atom stereocenters. The van der Waals surface area contributed by atoms with Gasteiger partial charge in [0.15, 0.2) is 0 Å². The van der Waals surface area contributed by atoms with Gasteiger partial charge in [-0.2, -0.15) is 0 Å². The topological polar surface area (TPSA) is 45.0 Å². The first-order valence-electron chi connectivity index (χ1n) is 4.52. The van der Waals surface area contributed by atoms with E-state index in [9.17, 15) is 0 Å². The predicted octanol–water partition coefficient (Wildman–Crippen LogP) is 2.10. The van der Waals surface area contributed by atoms with Crippen molar-refractivity contribution in [3.63, 3.8) is 0 Å². The molecule has 1 N–H and O–H groups in total. The van der Waals surface area contributed by atoms with Crippen LogP contribution in [0.5, 0.6) is 0 Å². The minimum absolute atomic E-state index is 0.527. The summed E-state index contributed by atoms with van der Waals surface area (Å²) in [6, 6.07) is 0. The van der Waals surface area contributed by atoms with Crippen molar-refractivity contribution in [1.82, 2.24) is 0 Å². The SMILES string of the molecule is CN=C(/C=N/O)C1CCCCC1. The van der Waals surface area contributed by atoms with E-state index in [1.807, 2.05) is 0 Å². The molecule has 68 valence electrons. The second kappa shape index (κ2) is 4.91. The highest BCUT2D eigenvalue weighted by Crippen LogP contribution is 2.24. The van der Waals surface area contributed by atoms with Crippen LogP contribution in [-0.2, 0) is 0 Å². The summed E-state index contributed by atoms with van der Waals surface area (Å²) in [5, 5.41) is 11.4. The summed E-state index contributed by atoms with van der Waals surface area (Å²) >= 11 is 0. The Labute approximate surface area is 73.2 Å². The maximum absolute atomic E-state index is 8.39. The van der Waals surface area contributed by atoms with Crippen LogP contribution >= 0.6 is 0 Å². The third-order valence-corrected chi connectivity index (χ3v) is 2.47. The van der Waals surface area contributed by atoms with E-state index in [2.05, 4.69) is 10.1 Å². The standard InChI is InChI=1S/C9H16N2O/c1-10-9(7-11-12)8-5-3-2-4-6-8/h7-8,12H,2-6H2,1H3/b10-9?,11-7+. The van der Waals surface area contributed by atoms with Gasteiger partial charge < -0.3 is 5.21 Å². The molecule has 0 amide bonds. The van der Waals surface area contributed by atoms with Gasteiger partial charge in [0, 0.05) is 13.0 Å². The number of hydrogen-bond acceptors (Lipinski definition) is 3. The zero-order chi connectivity index (χ0) is 8.81. The van der Waals surface area contributed by atoms with Crippen LogP contribution in [0, 0.1) is 5.92 Å². The van der Waals surface area contributed by atoms with Gasteiger partial charge in [-0.1, -0.05) is 24.4 Å². The summed E-state index contributed by atoms with van der Waals surface area (Å²) in [6.07, 6.45) is 7.75. The Morgan fingerprint density at radius 3 is 2.50 bits per heavy atom. The average Bonchev–Trinajstić information content (AvgIpc) is 2.15. The third kappa shape index (κ3) is 2.32. The van der Waals surface area contributed by atoms with Crippen molar-refractivity contribution in [3.05, 3.63) is 0 Å². The van der Waals surface area contributed by atoms with E-state index in [4.69, 9.17) is 5.21 Å². The van der Waals surface area contributed by atoms with Gasteiger partial charge in [0.25, 0.3) is 0 Å². The molecule has 0 aliphatic heterocycles. The van der Waals surface area contributed by atoms with Gasteiger partial charge in [-0.15, -0.1) is 0 Å². The van der Waals surface area contributed by atoms with Crippen molar-refractivity contribution in [2.45, 2.75) is 32.1 Å². The Bertz CT molecular complexity index is 181. The predicted molar refractivity (Wildman–Crippen MR) is 50.2 cm³/mol. The smallest absolute Gasteiger partial charge is 0.0874 e. The first kappa shape index (κ1) is 9.23. The second-order valence-corrected chi connectivity index (χ2v) is 3.23. The number of oxime groups is 1. The van der Waals surface area contributed by atoms with E-state index in [0.29, 0.717) is 5.92 Å². The highest BCUT2D eigenvalue weighted by Gasteiger charge is 2.17.